The summed E-state index contributed by atoms with van der Waals surface area (Å²) in [5.41, 5.74) is 5.50. The second-order valence-corrected chi connectivity index (χ2v) is 3.80. The SMILES string of the molecule is CCOc1ccccc1OCCC(CN)CO. The van der Waals surface area contributed by atoms with Crippen LogP contribution in [0.1, 0.15) is 13.3 Å². The molecule has 3 N–H and O–H groups in total. The van der Waals surface area contributed by atoms with Crippen LogP contribution in [0, 0.1) is 5.92 Å². The van der Waals surface area contributed by atoms with Gasteiger partial charge in [0.15, 0.2) is 11.5 Å². The first kappa shape index (κ1) is 13.8. The third-order valence-corrected chi connectivity index (χ3v) is 2.52. The summed E-state index contributed by atoms with van der Waals surface area (Å²) in [5, 5.41) is 9.00. The summed E-state index contributed by atoms with van der Waals surface area (Å²) in [4.78, 5) is 0. The topological polar surface area (TPSA) is 64.7 Å². The fourth-order valence-corrected chi connectivity index (χ4v) is 1.46. The Kier molecular flexibility index (Phi) is 6.43. The van der Waals surface area contributed by atoms with Gasteiger partial charge in [-0.15, -0.1) is 0 Å². The van der Waals surface area contributed by atoms with Gasteiger partial charge in [0.2, 0.25) is 0 Å². The number of ether oxygens (including phenoxy) is 2. The van der Waals surface area contributed by atoms with Gasteiger partial charge in [-0.1, -0.05) is 12.1 Å². The van der Waals surface area contributed by atoms with E-state index in [-0.39, 0.29) is 12.5 Å². The van der Waals surface area contributed by atoms with Crippen molar-refractivity contribution in [1.82, 2.24) is 0 Å². The van der Waals surface area contributed by atoms with Gasteiger partial charge in [-0.3, -0.25) is 0 Å². The molecule has 0 heterocycles. The molecular formula is C13H21NO3. The Hall–Kier alpha value is -1.26. The Labute approximate surface area is 102 Å². The molecule has 0 spiro atoms. The van der Waals surface area contributed by atoms with Crippen LogP contribution in [-0.2, 0) is 0 Å². The Bertz CT molecular complexity index is 313. The molecule has 0 fully saturated rings. The maximum atomic E-state index is 9.00. The van der Waals surface area contributed by atoms with Gasteiger partial charge in [0.05, 0.1) is 13.2 Å². The molecule has 1 aromatic carbocycles. The molecule has 17 heavy (non-hydrogen) atoms. The normalized spacial score (nSPS) is 12.2. The lowest BCUT2D eigenvalue weighted by Gasteiger charge is -2.14. The maximum absolute atomic E-state index is 9.00. The van der Waals surface area contributed by atoms with Crippen LogP contribution in [-0.4, -0.2) is 31.5 Å². The molecule has 4 nitrogen and oxygen atoms in total. The van der Waals surface area contributed by atoms with E-state index in [0.717, 1.165) is 17.9 Å². The maximum Gasteiger partial charge on any atom is 0.161 e. The van der Waals surface area contributed by atoms with Crippen LogP contribution in [0.15, 0.2) is 24.3 Å². The summed E-state index contributed by atoms with van der Waals surface area (Å²) in [6.45, 7) is 3.67. The van der Waals surface area contributed by atoms with Crippen molar-refractivity contribution in [3.05, 3.63) is 24.3 Å². The van der Waals surface area contributed by atoms with E-state index in [9.17, 15) is 0 Å². The monoisotopic (exact) mass is 239 g/mol. The average molecular weight is 239 g/mol. The Balaban J connectivity index is 2.45. The van der Waals surface area contributed by atoms with Crippen LogP contribution in [0.3, 0.4) is 0 Å². The molecule has 0 saturated heterocycles. The summed E-state index contributed by atoms with van der Waals surface area (Å²) < 4.78 is 11.1. The molecule has 1 rings (SSSR count). The lowest BCUT2D eigenvalue weighted by molar-refractivity contribution is 0.192. The number of rotatable bonds is 8. The van der Waals surface area contributed by atoms with Crippen molar-refractivity contribution < 1.29 is 14.6 Å². The third kappa shape index (κ3) is 4.63. The highest BCUT2D eigenvalue weighted by atomic mass is 16.5. The summed E-state index contributed by atoms with van der Waals surface area (Å²) in [6.07, 6.45) is 0.744. The van der Waals surface area contributed by atoms with Crippen LogP contribution in [0.25, 0.3) is 0 Å². The van der Waals surface area contributed by atoms with Crippen molar-refractivity contribution in [2.75, 3.05) is 26.4 Å². The van der Waals surface area contributed by atoms with Gasteiger partial charge in [0.1, 0.15) is 0 Å². The molecule has 0 aliphatic carbocycles. The molecule has 1 atom stereocenters. The van der Waals surface area contributed by atoms with Crippen LogP contribution in [0.5, 0.6) is 11.5 Å². The molecule has 0 amide bonds. The molecule has 4 heteroatoms. The van der Waals surface area contributed by atoms with Crippen molar-refractivity contribution in [3.63, 3.8) is 0 Å². The van der Waals surface area contributed by atoms with Crippen LogP contribution >= 0.6 is 0 Å². The van der Waals surface area contributed by atoms with Gasteiger partial charge < -0.3 is 20.3 Å². The number of benzene rings is 1. The fraction of sp³-hybridized carbons (Fsp3) is 0.538. The highest BCUT2D eigenvalue weighted by Gasteiger charge is 2.07. The molecule has 1 unspecified atom stereocenters. The molecule has 0 aromatic heterocycles. The Morgan fingerprint density at radius 3 is 2.41 bits per heavy atom. The molecule has 1 aromatic rings. The summed E-state index contributed by atoms with van der Waals surface area (Å²) in [5.74, 6) is 1.60. The second kappa shape index (κ2) is 7.92. The number of nitrogens with two attached hydrogens (primary N) is 1. The van der Waals surface area contributed by atoms with E-state index in [1.54, 1.807) is 0 Å². The van der Waals surface area contributed by atoms with Gasteiger partial charge >= 0.3 is 0 Å². The zero-order valence-electron chi connectivity index (χ0n) is 10.3. The van der Waals surface area contributed by atoms with E-state index < -0.39 is 0 Å². The highest BCUT2D eigenvalue weighted by molar-refractivity contribution is 5.39. The molecule has 0 saturated carbocycles. The first-order chi connectivity index (χ1) is 8.31. The average Bonchev–Trinajstić information content (AvgIpc) is 2.37. The largest absolute Gasteiger partial charge is 0.490 e. The minimum Gasteiger partial charge on any atom is -0.490 e. The van der Waals surface area contributed by atoms with Crippen molar-refractivity contribution in [1.29, 1.82) is 0 Å². The quantitative estimate of drug-likeness (QED) is 0.720. The molecule has 96 valence electrons. The fourth-order valence-electron chi connectivity index (χ4n) is 1.46. The molecule has 0 bridgehead atoms. The van der Waals surface area contributed by atoms with E-state index in [4.69, 9.17) is 20.3 Å². The highest BCUT2D eigenvalue weighted by Crippen LogP contribution is 2.26. The minimum absolute atomic E-state index is 0.104. The van der Waals surface area contributed by atoms with Gasteiger partial charge in [-0.2, -0.15) is 0 Å². The first-order valence-electron chi connectivity index (χ1n) is 5.97. The lowest BCUT2D eigenvalue weighted by atomic mass is 10.1. The smallest absolute Gasteiger partial charge is 0.161 e. The Morgan fingerprint density at radius 2 is 1.88 bits per heavy atom. The van der Waals surface area contributed by atoms with Gasteiger partial charge in [0.25, 0.3) is 0 Å². The predicted octanol–water partition coefficient (Wildman–Crippen LogP) is 1.42. The molecule has 0 radical (unpaired) electrons. The summed E-state index contributed by atoms with van der Waals surface area (Å²) >= 11 is 0. The zero-order chi connectivity index (χ0) is 12.5. The number of aliphatic hydroxyl groups excluding tert-OH is 1. The standard InChI is InChI=1S/C13H21NO3/c1-2-16-12-5-3-4-6-13(12)17-8-7-11(9-14)10-15/h3-6,11,15H,2,7-10,14H2,1H3. The number of hydrogen-bond acceptors (Lipinski definition) is 4. The van der Waals surface area contributed by atoms with Crippen LogP contribution < -0.4 is 15.2 Å². The van der Waals surface area contributed by atoms with Crippen molar-refractivity contribution in [3.8, 4) is 11.5 Å². The van der Waals surface area contributed by atoms with E-state index in [2.05, 4.69) is 0 Å². The first-order valence-corrected chi connectivity index (χ1v) is 5.97. The van der Waals surface area contributed by atoms with Gasteiger partial charge in [-0.25, -0.2) is 0 Å². The van der Waals surface area contributed by atoms with Gasteiger partial charge in [0, 0.05) is 6.61 Å². The second-order valence-electron chi connectivity index (χ2n) is 3.80. The predicted molar refractivity (Wildman–Crippen MR) is 67.4 cm³/mol. The van der Waals surface area contributed by atoms with Crippen molar-refractivity contribution >= 4 is 0 Å². The van der Waals surface area contributed by atoms with Crippen molar-refractivity contribution in [2.24, 2.45) is 11.7 Å². The van der Waals surface area contributed by atoms with Crippen molar-refractivity contribution in [2.45, 2.75) is 13.3 Å². The molecule has 0 aliphatic heterocycles. The molecular weight excluding hydrogens is 218 g/mol. The number of para-hydroxylation sites is 2. The van der Waals surface area contributed by atoms with Crippen LogP contribution in [0.4, 0.5) is 0 Å². The lowest BCUT2D eigenvalue weighted by Crippen LogP contribution is -2.20. The molecule has 0 aliphatic rings. The van der Waals surface area contributed by atoms with E-state index in [1.807, 2.05) is 31.2 Å². The number of aliphatic hydroxyl groups is 1. The van der Waals surface area contributed by atoms with E-state index in [1.165, 1.54) is 0 Å². The van der Waals surface area contributed by atoms with Crippen LogP contribution in [0.2, 0.25) is 0 Å². The third-order valence-electron chi connectivity index (χ3n) is 2.52. The number of hydrogen-bond donors (Lipinski definition) is 2. The van der Waals surface area contributed by atoms with Gasteiger partial charge in [-0.05, 0) is 37.9 Å². The zero-order valence-corrected chi connectivity index (χ0v) is 10.3. The van der Waals surface area contributed by atoms with E-state index in [0.29, 0.717) is 19.8 Å². The summed E-state index contributed by atoms with van der Waals surface area (Å²) in [7, 11) is 0. The summed E-state index contributed by atoms with van der Waals surface area (Å²) in [6, 6.07) is 7.57. The Morgan fingerprint density at radius 1 is 1.24 bits per heavy atom. The minimum atomic E-state index is 0.104. The van der Waals surface area contributed by atoms with E-state index >= 15 is 0 Å².